The first-order valence-corrected chi connectivity index (χ1v) is 8.73. The van der Waals surface area contributed by atoms with Crippen LogP contribution in [-0.2, 0) is 0 Å². The monoisotopic (exact) mass is 362 g/mol. The van der Waals surface area contributed by atoms with E-state index in [2.05, 4.69) is 4.98 Å². The van der Waals surface area contributed by atoms with Crippen LogP contribution in [0.5, 0.6) is 0 Å². The zero-order valence-electron chi connectivity index (χ0n) is 13.7. The SMILES string of the molecule is NSc1ccc(-n2nc(C3CCCC3)c3cc[nH]c(=O)c32)cc1.O.O. The molecule has 0 bridgehead atoms. The summed E-state index contributed by atoms with van der Waals surface area (Å²) in [6, 6.07) is 9.76. The Morgan fingerprint density at radius 1 is 1.12 bits per heavy atom. The van der Waals surface area contributed by atoms with Crippen molar-refractivity contribution >= 4 is 22.9 Å². The van der Waals surface area contributed by atoms with Gasteiger partial charge in [0.25, 0.3) is 5.56 Å². The van der Waals surface area contributed by atoms with E-state index in [4.69, 9.17) is 10.2 Å². The zero-order valence-corrected chi connectivity index (χ0v) is 14.5. The number of fused-ring (bicyclic) bond motifs is 1. The van der Waals surface area contributed by atoms with Gasteiger partial charge in [0.05, 0.1) is 11.4 Å². The van der Waals surface area contributed by atoms with E-state index in [-0.39, 0.29) is 16.5 Å². The van der Waals surface area contributed by atoms with E-state index in [0.29, 0.717) is 11.4 Å². The second kappa shape index (κ2) is 7.83. The minimum absolute atomic E-state index is 0. The first-order valence-electron chi connectivity index (χ1n) is 7.85. The molecule has 1 fully saturated rings. The van der Waals surface area contributed by atoms with Crippen LogP contribution in [0.15, 0.2) is 46.2 Å². The number of benzene rings is 1. The number of hydrogen-bond acceptors (Lipinski definition) is 4. The third kappa shape index (κ3) is 3.34. The number of aromatic amines is 1. The van der Waals surface area contributed by atoms with Crippen molar-refractivity contribution in [3.8, 4) is 5.69 Å². The minimum Gasteiger partial charge on any atom is -0.412 e. The van der Waals surface area contributed by atoms with Crippen LogP contribution in [0.1, 0.15) is 37.3 Å². The molecular formula is C17H22N4O3S. The van der Waals surface area contributed by atoms with Gasteiger partial charge in [0.15, 0.2) is 0 Å². The molecule has 0 amide bonds. The highest BCUT2D eigenvalue weighted by Gasteiger charge is 2.24. The molecule has 0 unspecified atom stereocenters. The van der Waals surface area contributed by atoms with Crippen molar-refractivity contribution in [3.05, 3.63) is 52.6 Å². The average Bonchev–Trinajstić information content (AvgIpc) is 3.23. The molecule has 2 heterocycles. The number of pyridine rings is 1. The number of rotatable bonds is 3. The summed E-state index contributed by atoms with van der Waals surface area (Å²) in [5.74, 6) is 0.458. The summed E-state index contributed by atoms with van der Waals surface area (Å²) in [7, 11) is 0. The van der Waals surface area contributed by atoms with E-state index in [0.717, 1.165) is 34.5 Å². The van der Waals surface area contributed by atoms with E-state index >= 15 is 0 Å². The van der Waals surface area contributed by atoms with Crippen LogP contribution in [0, 0.1) is 0 Å². The molecule has 0 aliphatic heterocycles. The van der Waals surface area contributed by atoms with Crippen molar-refractivity contribution in [2.45, 2.75) is 36.5 Å². The van der Waals surface area contributed by atoms with E-state index in [1.54, 1.807) is 10.9 Å². The van der Waals surface area contributed by atoms with E-state index in [9.17, 15) is 4.79 Å². The highest BCUT2D eigenvalue weighted by Crippen LogP contribution is 2.36. The van der Waals surface area contributed by atoms with Gasteiger partial charge in [-0.05, 0) is 55.1 Å². The fourth-order valence-electron chi connectivity index (χ4n) is 3.45. The first-order chi connectivity index (χ1) is 11.3. The Balaban J connectivity index is 0.00000113. The fourth-order valence-corrected chi connectivity index (χ4v) is 3.75. The minimum atomic E-state index is -0.100. The second-order valence-corrected chi connectivity index (χ2v) is 6.67. The quantitative estimate of drug-likeness (QED) is 0.684. The summed E-state index contributed by atoms with van der Waals surface area (Å²) in [5, 5.41) is 11.4. The third-order valence-corrected chi connectivity index (χ3v) is 5.13. The molecule has 8 heteroatoms. The molecule has 0 radical (unpaired) electrons. The van der Waals surface area contributed by atoms with Gasteiger partial charge in [0.1, 0.15) is 5.52 Å². The Bertz CT molecular complexity index is 898. The molecule has 1 aromatic carbocycles. The lowest BCUT2D eigenvalue weighted by Gasteiger charge is -2.05. The Kier molecular flexibility index (Phi) is 6.02. The molecule has 2 aromatic heterocycles. The standard InChI is InChI=1S/C17H18N4OS.2H2O/c18-23-13-7-5-12(6-8-13)21-16-14(9-10-19-17(16)22)15(20-21)11-3-1-2-4-11;;/h5-11H,1-4,18H2,(H,19,22);2*1H2. The Morgan fingerprint density at radius 3 is 2.44 bits per heavy atom. The summed E-state index contributed by atoms with van der Waals surface area (Å²) in [6.07, 6.45) is 6.50. The van der Waals surface area contributed by atoms with E-state index in [1.165, 1.54) is 24.8 Å². The average molecular weight is 362 g/mol. The summed E-state index contributed by atoms with van der Waals surface area (Å²) in [4.78, 5) is 16.1. The highest BCUT2D eigenvalue weighted by atomic mass is 32.2. The van der Waals surface area contributed by atoms with E-state index in [1.807, 2.05) is 30.3 Å². The topological polar surface area (TPSA) is 140 Å². The lowest BCUT2D eigenvalue weighted by atomic mass is 10.0. The van der Waals surface area contributed by atoms with E-state index < -0.39 is 0 Å². The number of nitrogens with two attached hydrogens (primary N) is 1. The van der Waals surface area contributed by atoms with Crippen molar-refractivity contribution < 1.29 is 11.0 Å². The van der Waals surface area contributed by atoms with Gasteiger partial charge in [0, 0.05) is 22.4 Å². The van der Waals surface area contributed by atoms with Gasteiger partial charge in [-0.25, -0.2) is 4.68 Å². The zero-order chi connectivity index (χ0) is 15.8. The lowest BCUT2D eigenvalue weighted by molar-refractivity contribution is 0.684. The maximum absolute atomic E-state index is 12.4. The van der Waals surface area contributed by atoms with Crippen LogP contribution in [-0.4, -0.2) is 25.7 Å². The third-order valence-electron chi connectivity index (χ3n) is 4.59. The largest absolute Gasteiger partial charge is 0.412 e. The van der Waals surface area contributed by atoms with Gasteiger partial charge in [-0.15, -0.1) is 0 Å². The predicted octanol–water partition coefficient (Wildman–Crippen LogP) is 1.69. The van der Waals surface area contributed by atoms with Gasteiger partial charge in [-0.3, -0.25) is 9.93 Å². The molecule has 0 saturated heterocycles. The fraction of sp³-hybridized carbons (Fsp3) is 0.294. The van der Waals surface area contributed by atoms with Crippen molar-refractivity contribution in [3.63, 3.8) is 0 Å². The number of nitrogens with zero attached hydrogens (tertiary/aromatic N) is 2. The van der Waals surface area contributed by atoms with Crippen LogP contribution in [0.3, 0.4) is 0 Å². The molecular weight excluding hydrogens is 340 g/mol. The van der Waals surface area contributed by atoms with Crippen molar-refractivity contribution in [2.75, 3.05) is 0 Å². The van der Waals surface area contributed by atoms with Crippen LogP contribution in [0.4, 0.5) is 0 Å². The Morgan fingerprint density at radius 2 is 1.80 bits per heavy atom. The first kappa shape index (κ1) is 19.2. The summed E-state index contributed by atoms with van der Waals surface area (Å²) in [5.41, 5.74) is 2.47. The molecule has 7 N–H and O–H groups in total. The van der Waals surface area contributed by atoms with Gasteiger partial charge >= 0.3 is 0 Å². The second-order valence-electron chi connectivity index (χ2n) is 5.96. The number of H-pyrrole nitrogens is 1. The number of aromatic nitrogens is 3. The van der Waals surface area contributed by atoms with Crippen LogP contribution >= 0.6 is 11.9 Å². The van der Waals surface area contributed by atoms with Crippen molar-refractivity contribution in [1.29, 1.82) is 0 Å². The Labute approximate surface area is 149 Å². The summed E-state index contributed by atoms with van der Waals surface area (Å²) >= 11 is 1.21. The van der Waals surface area contributed by atoms with Gasteiger partial charge in [0.2, 0.25) is 0 Å². The molecule has 25 heavy (non-hydrogen) atoms. The lowest BCUT2D eigenvalue weighted by Crippen LogP contribution is -2.09. The molecule has 1 aliphatic rings. The molecule has 4 rings (SSSR count). The highest BCUT2D eigenvalue weighted by molar-refractivity contribution is 7.97. The van der Waals surface area contributed by atoms with Crippen LogP contribution < -0.4 is 10.7 Å². The van der Waals surface area contributed by atoms with Crippen molar-refractivity contribution in [1.82, 2.24) is 14.8 Å². The van der Waals surface area contributed by atoms with Gasteiger partial charge in [-0.1, -0.05) is 12.8 Å². The number of hydrogen-bond donors (Lipinski definition) is 2. The molecule has 134 valence electrons. The Hall–Kier alpha value is -2.13. The predicted molar refractivity (Wildman–Crippen MR) is 100 cm³/mol. The molecule has 1 aliphatic carbocycles. The van der Waals surface area contributed by atoms with Gasteiger partial charge < -0.3 is 15.9 Å². The smallest absolute Gasteiger partial charge is 0.274 e. The molecule has 7 nitrogen and oxygen atoms in total. The molecule has 1 saturated carbocycles. The molecule has 3 aromatic rings. The number of nitrogens with one attached hydrogen (secondary N) is 1. The summed E-state index contributed by atoms with van der Waals surface area (Å²) in [6.45, 7) is 0. The van der Waals surface area contributed by atoms with Gasteiger partial charge in [-0.2, -0.15) is 5.10 Å². The van der Waals surface area contributed by atoms with Crippen LogP contribution in [0.2, 0.25) is 0 Å². The molecule has 0 atom stereocenters. The maximum atomic E-state index is 12.4. The van der Waals surface area contributed by atoms with Crippen molar-refractivity contribution in [2.24, 2.45) is 5.14 Å². The molecule has 0 spiro atoms. The summed E-state index contributed by atoms with van der Waals surface area (Å²) < 4.78 is 1.77. The van der Waals surface area contributed by atoms with Crippen LogP contribution in [0.25, 0.3) is 16.6 Å². The maximum Gasteiger partial charge on any atom is 0.274 e. The normalized spacial score (nSPS) is 14.3.